The molecule has 3 aromatic heterocycles. The molecule has 3 rings (SSSR count). The van der Waals surface area contributed by atoms with Crippen molar-refractivity contribution in [3.05, 3.63) is 63.7 Å². The van der Waals surface area contributed by atoms with E-state index in [1.807, 2.05) is 0 Å². The molecule has 88 valence electrons. The molecule has 3 aromatic rings. The molecule has 0 spiro atoms. The third-order valence-electron chi connectivity index (χ3n) is 2.57. The Morgan fingerprint density at radius 3 is 2.72 bits per heavy atom. The van der Waals surface area contributed by atoms with Crippen LogP contribution in [0.3, 0.4) is 0 Å². The smallest absolute Gasteiger partial charge is 0.291 e. The molecule has 0 aromatic carbocycles. The highest BCUT2D eigenvalue weighted by atomic mass is 16.2. The first-order valence-electron chi connectivity index (χ1n) is 5.28. The molecule has 0 fully saturated rings. The van der Waals surface area contributed by atoms with Crippen molar-refractivity contribution in [3.8, 4) is 5.69 Å². The molecule has 0 aliphatic rings. The third-order valence-corrected chi connectivity index (χ3v) is 2.57. The van der Waals surface area contributed by atoms with Gasteiger partial charge in [-0.3, -0.25) is 14.8 Å². The first kappa shape index (κ1) is 10.4. The number of H-pyrrole nitrogens is 1. The van der Waals surface area contributed by atoms with Crippen molar-refractivity contribution in [2.75, 3.05) is 0 Å². The molecule has 0 bridgehead atoms. The Kier molecular flexibility index (Phi) is 2.26. The maximum absolute atomic E-state index is 12.2. The van der Waals surface area contributed by atoms with Crippen LogP contribution in [0, 0.1) is 0 Å². The van der Waals surface area contributed by atoms with Crippen LogP contribution < -0.4 is 11.2 Å². The summed E-state index contributed by atoms with van der Waals surface area (Å²) in [5.74, 6) is 0. The Bertz CT molecular complexity index is 821. The summed E-state index contributed by atoms with van der Waals surface area (Å²) in [4.78, 5) is 34.5. The van der Waals surface area contributed by atoms with E-state index in [1.54, 1.807) is 30.5 Å². The van der Waals surface area contributed by atoms with Crippen molar-refractivity contribution in [2.24, 2.45) is 0 Å². The van der Waals surface area contributed by atoms with Crippen LogP contribution in [0.5, 0.6) is 0 Å². The number of hydrogen-bond donors (Lipinski definition) is 1. The van der Waals surface area contributed by atoms with Gasteiger partial charge in [0, 0.05) is 12.4 Å². The number of pyridine rings is 2. The highest BCUT2D eigenvalue weighted by Crippen LogP contribution is 2.03. The average Bonchev–Trinajstić information content (AvgIpc) is 2.40. The molecule has 6 heteroatoms. The number of hydrogen-bond acceptors (Lipinski definition) is 4. The van der Waals surface area contributed by atoms with Gasteiger partial charge < -0.3 is 0 Å². The molecule has 0 amide bonds. The van der Waals surface area contributed by atoms with E-state index in [9.17, 15) is 9.59 Å². The molecular formula is C12H8N4O2. The zero-order valence-corrected chi connectivity index (χ0v) is 9.20. The van der Waals surface area contributed by atoms with E-state index >= 15 is 0 Å². The average molecular weight is 240 g/mol. The van der Waals surface area contributed by atoms with Crippen molar-refractivity contribution in [3.63, 3.8) is 0 Å². The van der Waals surface area contributed by atoms with Crippen molar-refractivity contribution in [1.29, 1.82) is 0 Å². The van der Waals surface area contributed by atoms with E-state index < -0.39 is 11.2 Å². The summed E-state index contributed by atoms with van der Waals surface area (Å²) < 4.78 is 1.04. The minimum Gasteiger partial charge on any atom is -0.291 e. The topological polar surface area (TPSA) is 80.6 Å². The Balaban J connectivity index is 2.45. The van der Waals surface area contributed by atoms with Gasteiger partial charge in [-0.2, -0.15) is 0 Å². The van der Waals surface area contributed by atoms with Crippen molar-refractivity contribution in [1.82, 2.24) is 19.5 Å². The fourth-order valence-electron chi connectivity index (χ4n) is 1.77. The number of rotatable bonds is 1. The van der Waals surface area contributed by atoms with E-state index in [2.05, 4.69) is 15.0 Å². The first-order chi connectivity index (χ1) is 8.77. The molecule has 3 heterocycles. The van der Waals surface area contributed by atoms with Gasteiger partial charge in [-0.1, -0.05) is 0 Å². The van der Waals surface area contributed by atoms with E-state index in [1.165, 1.54) is 12.4 Å². The number of nitrogens with zero attached hydrogens (tertiary/aromatic N) is 3. The SMILES string of the molecule is O=c1[nH]c2ncccc2c(=O)n1-c1cccnc1. The predicted octanol–water partition coefficient (Wildman–Crippen LogP) is 0.469. The minimum atomic E-state index is -0.529. The molecule has 1 N–H and O–H groups in total. The molecule has 0 saturated carbocycles. The van der Waals surface area contributed by atoms with Gasteiger partial charge in [0.15, 0.2) is 0 Å². The Morgan fingerprint density at radius 2 is 1.94 bits per heavy atom. The predicted molar refractivity (Wildman–Crippen MR) is 65.8 cm³/mol. The van der Waals surface area contributed by atoms with Gasteiger partial charge in [0.1, 0.15) is 5.65 Å². The second-order valence-corrected chi connectivity index (χ2v) is 3.68. The molecule has 0 unspecified atom stereocenters. The summed E-state index contributed by atoms with van der Waals surface area (Å²) in [5, 5.41) is 0.362. The summed E-state index contributed by atoms with van der Waals surface area (Å²) >= 11 is 0. The van der Waals surface area contributed by atoms with E-state index in [0.717, 1.165) is 4.57 Å². The lowest BCUT2D eigenvalue weighted by Gasteiger charge is -2.04. The number of aromatic amines is 1. The summed E-state index contributed by atoms with van der Waals surface area (Å²) in [6, 6.07) is 6.57. The highest BCUT2D eigenvalue weighted by Gasteiger charge is 2.09. The molecule has 0 saturated heterocycles. The number of fused-ring (bicyclic) bond motifs is 1. The lowest BCUT2D eigenvalue weighted by Crippen LogP contribution is -2.33. The second-order valence-electron chi connectivity index (χ2n) is 3.68. The largest absolute Gasteiger partial charge is 0.334 e. The van der Waals surface area contributed by atoms with Gasteiger partial charge in [0.05, 0.1) is 17.3 Å². The van der Waals surface area contributed by atoms with Gasteiger partial charge >= 0.3 is 5.69 Å². The van der Waals surface area contributed by atoms with Crippen molar-refractivity contribution >= 4 is 11.0 Å². The maximum Gasteiger partial charge on any atom is 0.334 e. The quantitative estimate of drug-likeness (QED) is 0.670. The van der Waals surface area contributed by atoms with E-state index in [0.29, 0.717) is 11.1 Å². The summed E-state index contributed by atoms with van der Waals surface area (Å²) in [7, 11) is 0. The van der Waals surface area contributed by atoms with Gasteiger partial charge in [-0.05, 0) is 24.3 Å². The monoisotopic (exact) mass is 240 g/mol. The first-order valence-corrected chi connectivity index (χ1v) is 5.28. The van der Waals surface area contributed by atoms with Crippen LogP contribution in [0.25, 0.3) is 16.7 Å². The summed E-state index contributed by atoms with van der Waals surface area (Å²) in [6.45, 7) is 0. The highest BCUT2D eigenvalue weighted by molar-refractivity contribution is 5.72. The normalized spacial score (nSPS) is 10.7. The van der Waals surface area contributed by atoms with Crippen molar-refractivity contribution < 1.29 is 0 Å². The fourth-order valence-corrected chi connectivity index (χ4v) is 1.77. The lowest BCUT2D eigenvalue weighted by atomic mass is 10.3. The fraction of sp³-hybridized carbons (Fsp3) is 0. The van der Waals surface area contributed by atoms with Crippen molar-refractivity contribution in [2.45, 2.75) is 0 Å². The summed E-state index contributed by atoms with van der Waals surface area (Å²) in [5.41, 5.74) is -0.226. The van der Waals surface area contributed by atoms with Crippen LogP contribution in [0.1, 0.15) is 0 Å². The standard InChI is InChI=1S/C12H8N4O2/c17-11-9-4-2-6-14-10(9)15-12(18)16(11)8-3-1-5-13-7-8/h1-7H,(H,14,15,18). The Morgan fingerprint density at radius 1 is 1.11 bits per heavy atom. The molecule has 0 atom stereocenters. The molecule has 0 aliphatic carbocycles. The number of nitrogens with one attached hydrogen (secondary N) is 1. The van der Waals surface area contributed by atoms with Gasteiger partial charge in [0.2, 0.25) is 0 Å². The lowest BCUT2D eigenvalue weighted by molar-refractivity contribution is 0.889. The minimum absolute atomic E-state index is 0.285. The van der Waals surface area contributed by atoms with Crippen LogP contribution in [-0.2, 0) is 0 Å². The molecule has 6 nitrogen and oxygen atoms in total. The van der Waals surface area contributed by atoms with Gasteiger partial charge in [-0.25, -0.2) is 14.3 Å². The maximum atomic E-state index is 12.2. The second kappa shape index (κ2) is 3.92. The van der Waals surface area contributed by atoms with E-state index in [-0.39, 0.29) is 5.65 Å². The van der Waals surface area contributed by atoms with Crippen LogP contribution in [0.2, 0.25) is 0 Å². The van der Waals surface area contributed by atoms with Crippen LogP contribution in [0.4, 0.5) is 0 Å². The third kappa shape index (κ3) is 1.51. The van der Waals surface area contributed by atoms with E-state index in [4.69, 9.17) is 0 Å². The molecular weight excluding hydrogens is 232 g/mol. The Labute approximate surface area is 101 Å². The molecule has 18 heavy (non-hydrogen) atoms. The van der Waals surface area contributed by atoms with Crippen LogP contribution in [-0.4, -0.2) is 19.5 Å². The Hall–Kier alpha value is -2.76. The molecule has 0 aliphatic heterocycles. The summed E-state index contributed by atoms with van der Waals surface area (Å²) in [6.07, 6.45) is 4.55. The van der Waals surface area contributed by atoms with Gasteiger partial charge in [0.25, 0.3) is 5.56 Å². The molecule has 0 radical (unpaired) electrons. The zero-order valence-electron chi connectivity index (χ0n) is 9.20. The number of aromatic nitrogens is 4. The van der Waals surface area contributed by atoms with Crippen LogP contribution in [0.15, 0.2) is 52.4 Å². The van der Waals surface area contributed by atoms with Gasteiger partial charge in [-0.15, -0.1) is 0 Å². The van der Waals surface area contributed by atoms with Crippen LogP contribution >= 0.6 is 0 Å². The zero-order chi connectivity index (χ0) is 12.5.